The molecule has 0 amide bonds. The molecule has 0 saturated carbocycles. The minimum Gasteiger partial charge on any atom is -0.378 e. The van der Waals surface area contributed by atoms with Gasteiger partial charge in [0.15, 0.2) is 0 Å². The molecule has 11 heavy (non-hydrogen) atoms. The molecule has 0 radical (unpaired) electrons. The Balaban J connectivity index is 2.50. The quantitative estimate of drug-likeness (QED) is 0.342. The molecule has 1 aliphatic heterocycles. The lowest BCUT2D eigenvalue weighted by Crippen LogP contribution is -2.26. The number of hydrogen-bond acceptors (Lipinski definition) is 2. The summed E-state index contributed by atoms with van der Waals surface area (Å²) in [5.41, 5.74) is 8.27. The first-order chi connectivity index (χ1) is 5.17. The molecule has 62 valence electrons. The third-order valence-corrected chi connectivity index (χ3v) is 2.25. The second-order valence-corrected chi connectivity index (χ2v) is 3.51. The molecule has 1 aliphatic rings. The van der Waals surface area contributed by atoms with E-state index in [1.54, 1.807) is 0 Å². The third-order valence-electron chi connectivity index (χ3n) is 2.25. The second kappa shape index (κ2) is 3.11. The highest BCUT2D eigenvalue weighted by atomic mass is 16.5. The molecular formula is C7H13N3O. The Bertz CT molecular complexity index is 184. The van der Waals surface area contributed by atoms with Gasteiger partial charge in [0, 0.05) is 11.5 Å². The number of nitrogens with zero attached hydrogens (tertiary/aromatic N) is 3. The summed E-state index contributed by atoms with van der Waals surface area (Å²) in [4.78, 5) is 2.71. The Morgan fingerprint density at radius 1 is 1.73 bits per heavy atom. The molecule has 0 bridgehead atoms. The molecule has 1 rings (SSSR count). The normalized spacial score (nSPS) is 28.0. The molecule has 0 aromatic carbocycles. The molecule has 1 atom stereocenters. The van der Waals surface area contributed by atoms with Crippen molar-refractivity contribution >= 4 is 0 Å². The van der Waals surface area contributed by atoms with Gasteiger partial charge in [-0.25, -0.2) is 0 Å². The number of rotatable bonds is 2. The van der Waals surface area contributed by atoms with Gasteiger partial charge in [-0.15, -0.1) is 0 Å². The van der Waals surface area contributed by atoms with Crippen LogP contribution in [-0.4, -0.2) is 19.3 Å². The number of azide groups is 1. The van der Waals surface area contributed by atoms with Crippen molar-refractivity contribution in [2.75, 3.05) is 13.2 Å². The van der Waals surface area contributed by atoms with Crippen molar-refractivity contribution in [3.63, 3.8) is 0 Å². The Labute approximate surface area is 66.2 Å². The topological polar surface area (TPSA) is 58.0 Å². The van der Waals surface area contributed by atoms with Gasteiger partial charge >= 0.3 is 0 Å². The molecule has 0 aromatic heterocycles. The van der Waals surface area contributed by atoms with E-state index in [0.29, 0.717) is 6.54 Å². The van der Waals surface area contributed by atoms with Crippen LogP contribution in [0.5, 0.6) is 0 Å². The standard InChI is InChI=1S/C7H13N3O/c1-7(2)3-4-11-6(7)5-9-10-8/h6H,3-5H2,1-2H3. The third kappa shape index (κ3) is 1.85. The van der Waals surface area contributed by atoms with Crippen molar-refractivity contribution in [3.8, 4) is 0 Å². The Morgan fingerprint density at radius 3 is 2.91 bits per heavy atom. The van der Waals surface area contributed by atoms with Gasteiger partial charge < -0.3 is 4.74 Å². The van der Waals surface area contributed by atoms with Crippen LogP contribution in [0.25, 0.3) is 10.4 Å². The highest BCUT2D eigenvalue weighted by Gasteiger charge is 2.34. The van der Waals surface area contributed by atoms with Crippen molar-refractivity contribution in [3.05, 3.63) is 10.4 Å². The highest BCUT2D eigenvalue weighted by Crippen LogP contribution is 2.33. The maximum atomic E-state index is 8.10. The first-order valence-electron chi connectivity index (χ1n) is 3.79. The molecule has 0 N–H and O–H groups in total. The summed E-state index contributed by atoms with van der Waals surface area (Å²) in [5.74, 6) is 0. The van der Waals surface area contributed by atoms with Crippen LogP contribution in [-0.2, 0) is 4.74 Å². The maximum Gasteiger partial charge on any atom is 0.0683 e. The lowest BCUT2D eigenvalue weighted by Gasteiger charge is -2.23. The fourth-order valence-corrected chi connectivity index (χ4v) is 1.26. The predicted molar refractivity (Wildman–Crippen MR) is 42.2 cm³/mol. The maximum absolute atomic E-state index is 8.10. The lowest BCUT2D eigenvalue weighted by molar-refractivity contribution is 0.0713. The molecule has 1 heterocycles. The van der Waals surface area contributed by atoms with Gasteiger partial charge in [0.1, 0.15) is 0 Å². The summed E-state index contributed by atoms with van der Waals surface area (Å²) in [6.07, 6.45) is 1.16. The first kappa shape index (κ1) is 8.37. The van der Waals surface area contributed by atoms with E-state index >= 15 is 0 Å². The molecule has 1 fully saturated rings. The zero-order chi connectivity index (χ0) is 8.32. The van der Waals surface area contributed by atoms with Crippen LogP contribution in [0, 0.1) is 5.41 Å². The number of hydrogen-bond donors (Lipinski definition) is 0. The van der Waals surface area contributed by atoms with Crippen molar-refractivity contribution in [1.82, 2.24) is 0 Å². The van der Waals surface area contributed by atoms with Crippen LogP contribution in [0.4, 0.5) is 0 Å². The van der Waals surface area contributed by atoms with Crippen molar-refractivity contribution in [2.24, 2.45) is 10.5 Å². The molecular weight excluding hydrogens is 142 g/mol. The van der Waals surface area contributed by atoms with Crippen LogP contribution in [0.3, 0.4) is 0 Å². The summed E-state index contributed by atoms with van der Waals surface area (Å²) in [5, 5.41) is 3.50. The molecule has 4 nitrogen and oxygen atoms in total. The summed E-state index contributed by atoms with van der Waals surface area (Å²) in [7, 11) is 0. The van der Waals surface area contributed by atoms with Crippen LogP contribution < -0.4 is 0 Å². The minimum atomic E-state index is 0.110. The van der Waals surface area contributed by atoms with Gasteiger partial charge in [0.05, 0.1) is 12.6 Å². The predicted octanol–water partition coefficient (Wildman–Crippen LogP) is 2.11. The van der Waals surface area contributed by atoms with Gasteiger partial charge in [0.2, 0.25) is 0 Å². The molecule has 0 aliphatic carbocycles. The second-order valence-electron chi connectivity index (χ2n) is 3.51. The zero-order valence-electron chi connectivity index (χ0n) is 6.95. The van der Waals surface area contributed by atoms with E-state index in [4.69, 9.17) is 10.3 Å². The van der Waals surface area contributed by atoms with Gasteiger partial charge in [0.25, 0.3) is 0 Å². The smallest absolute Gasteiger partial charge is 0.0683 e. The molecule has 0 aromatic rings. The van der Waals surface area contributed by atoms with E-state index in [0.717, 1.165) is 13.0 Å². The van der Waals surface area contributed by atoms with Crippen LogP contribution >= 0.6 is 0 Å². The number of ether oxygens (including phenoxy) is 1. The van der Waals surface area contributed by atoms with E-state index in [1.807, 2.05) is 0 Å². The summed E-state index contributed by atoms with van der Waals surface area (Å²) in [6.45, 7) is 5.53. The molecule has 1 saturated heterocycles. The van der Waals surface area contributed by atoms with Crippen LogP contribution in [0.2, 0.25) is 0 Å². The molecule has 4 heteroatoms. The highest BCUT2D eigenvalue weighted by molar-refractivity contribution is 4.85. The molecule has 0 spiro atoms. The average Bonchev–Trinajstić information content (AvgIpc) is 2.25. The van der Waals surface area contributed by atoms with Gasteiger partial charge in [-0.1, -0.05) is 19.0 Å². The minimum absolute atomic E-state index is 0.110. The van der Waals surface area contributed by atoms with Crippen molar-refractivity contribution in [2.45, 2.75) is 26.4 Å². The van der Waals surface area contributed by atoms with E-state index in [1.165, 1.54) is 0 Å². The Morgan fingerprint density at radius 2 is 2.45 bits per heavy atom. The fraction of sp³-hybridized carbons (Fsp3) is 1.00. The van der Waals surface area contributed by atoms with Crippen LogP contribution in [0.1, 0.15) is 20.3 Å². The van der Waals surface area contributed by atoms with Crippen LogP contribution in [0.15, 0.2) is 5.11 Å². The summed E-state index contributed by atoms with van der Waals surface area (Å²) in [6, 6.07) is 0. The largest absolute Gasteiger partial charge is 0.378 e. The zero-order valence-corrected chi connectivity index (χ0v) is 6.95. The first-order valence-corrected chi connectivity index (χ1v) is 3.79. The summed E-state index contributed by atoms with van der Waals surface area (Å²) < 4.78 is 5.41. The molecule has 1 unspecified atom stereocenters. The summed E-state index contributed by atoms with van der Waals surface area (Å²) >= 11 is 0. The van der Waals surface area contributed by atoms with Crippen molar-refractivity contribution in [1.29, 1.82) is 0 Å². The van der Waals surface area contributed by atoms with Gasteiger partial charge in [-0.05, 0) is 17.4 Å². The van der Waals surface area contributed by atoms with E-state index < -0.39 is 0 Å². The van der Waals surface area contributed by atoms with E-state index in [9.17, 15) is 0 Å². The van der Waals surface area contributed by atoms with Crippen molar-refractivity contribution < 1.29 is 4.74 Å². The Kier molecular flexibility index (Phi) is 2.37. The van der Waals surface area contributed by atoms with Gasteiger partial charge in [-0.3, -0.25) is 0 Å². The Hall–Kier alpha value is -0.730. The average molecular weight is 155 g/mol. The van der Waals surface area contributed by atoms with E-state index in [-0.39, 0.29) is 11.5 Å². The lowest BCUT2D eigenvalue weighted by atomic mass is 9.86. The monoisotopic (exact) mass is 155 g/mol. The SMILES string of the molecule is CC1(C)CCOC1CN=[N+]=[N-]. The van der Waals surface area contributed by atoms with E-state index in [2.05, 4.69) is 23.9 Å². The fourth-order valence-electron chi connectivity index (χ4n) is 1.26. The van der Waals surface area contributed by atoms with Gasteiger partial charge in [-0.2, -0.15) is 0 Å².